The van der Waals surface area contributed by atoms with E-state index in [2.05, 4.69) is 83.8 Å². The Morgan fingerprint density at radius 3 is 2.20 bits per heavy atom. The third-order valence-corrected chi connectivity index (χ3v) is 4.17. The summed E-state index contributed by atoms with van der Waals surface area (Å²) in [5.41, 5.74) is 6.85. The van der Waals surface area contributed by atoms with Gasteiger partial charge in [-0.1, -0.05) is 48.0 Å². The summed E-state index contributed by atoms with van der Waals surface area (Å²) in [4.78, 5) is 9.13. The first kappa shape index (κ1) is 17.0. The molecule has 0 spiro atoms. The molecule has 0 saturated heterocycles. The van der Waals surface area contributed by atoms with Crippen molar-refractivity contribution < 1.29 is 0 Å². The van der Waals surface area contributed by atoms with Crippen molar-refractivity contribution in [3.8, 4) is 0 Å². The van der Waals surface area contributed by atoms with Gasteiger partial charge in [-0.15, -0.1) is 0 Å². The third kappa shape index (κ3) is 4.35. The maximum atomic E-state index is 4.61. The van der Waals surface area contributed by atoms with Crippen LogP contribution in [0.15, 0.2) is 48.5 Å². The third-order valence-electron chi connectivity index (χ3n) is 4.17. The average molecular weight is 332 g/mol. The van der Waals surface area contributed by atoms with Crippen LogP contribution in [0.5, 0.6) is 0 Å². The molecule has 0 radical (unpaired) electrons. The molecule has 0 aliphatic carbocycles. The predicted octanol–water partition coefficient (Wildman–Crippen LogP) is 5.07. The Hall–Kier alpha value is -2.88. The van der Waals surface area contributed by atoms with E-state index in [9.17, 15) is 0 Å². The first-order chi connectivity index (χ1) is 12.0. The molecule has 0 aliphatic heterocycles. The van der Waals surface area contributed by atoms with Gasteiger partial charge in [0.25, 0.3) is 0 Å². The molecule has 0 bridgehead atoms. The molecule has 4 nitrogen and oxygen atoms in total. The quantitative estimate of drug-likeness (QED) is 0.685. The standard InChI is InChI=1S/C21H24N4/c1-14-8-10-18(11-9-14)13-22-19-12-17(4)23-21(24-19)25-20-15(2)6-5-7-16(20)3/h5-12H,13H2,1-4H3,(H2,22,23,24,25). The van der Waals surface area contributed by atoms with Crippen molar-refractivity contribution >= 4 is 17.5 Å². The molecule has 0 atom stereocenters. The smallest absolute Gasteiger partial charge is 0.229 e. The summed E-state index contributed by atoms with van der Waals surface area (Å²) in [5, 5.41) is 6.75. The van der Waals surface area contributed by atoms with E-state index >= 15 is 0 Å². The second-order valence-electron chi connectivity index (χ2n) is 6.45. The molecule has 2 N–H and O–H groups in total. The molecule has 3 rings (SSSR count). The highest BCUT2D eigenvalue weighted by molar-refractivity contribution is 5.63. The zero-order chi connectivity index (χ0) is 17.8. The second kappa shape index (κ2) is 7.34. The highest BCUT2D eigenvalue weighted by Crippen LogP contribution is 2.23. The minimum atomic E-state index is 0.615. The molecule has 0 saturated carbocycles. The van der Waals surface area contributed by atoms with Crippen LogP contribution in [0.4, 0.5) is 17.5 Å². The Morgan fingerprint density at radius 1 is 0.840 bits per heavy atom. The van der Waals surface area contributed by atoms with Crippen LogP contribution in [0.2, 0.25) is 0 Å². The maximum absolute atomic E-state index is 4.61. The number of hydrogen-bond acceptors (Lipinski definition) is 4. The number of aryl methyl sites for hydroxylation is 4. The van der Waals surface area contributed by atoms with Gasteiger partial charge >= 0.3 is 0 Å². The van der Waals surface area contributed by atoms with Crippen molar-refractivity contribution in [1.82, 2.24) is 9.97 Å². The number of para-hydroxylation sites is 1. The number of anilines is 3. The molecule has 0 unspecified atom stereocenters. The van der Waals surface area contributed by atoms with Crippen molar-refractivity contribution in [2.24, 2.45) is 0 Å². The van der Waals surface area contributed by atoms with Gasteiger partial charge in [-0.25, -0.2) is 4.98 Å². The van der Waals surface area contributed by atoms with E-state index in [1.807, 2.05) is 13.0 Å². The van der Waals surface area contributed by atoms with Gasteiger partial charge in [0.05, 0.1) is 0 Å². The second-order valence-corrected chi connectivity index (χ2v) is 6.45. The number of rotatable bonds is 5. The van der Waals surface area contributed by atoms with E-state index in [1.54, 1.807) is 0 Å². The van der Waals surface area contributed by atoms with E-state index in [1.165, 1.54) is 22.3 Å². The fraction of sp³-hybridized carbons (Fsp3) is 0.238. The topological polar surface area (TPSA) is 49.8 Å². The van der Waals surface area contributed by atoms with Crippen LogP contribution in [-0.2, 0) is 6.54 Å². The largest absolute Gasteiger partial charge is 0.366 e. The fourth-order valence-electron chi connectivity index (χ4n) is 2.74. The number of hydrogen-bond donors (Lipinski definition) is 2. The van der Waals surface area contributed by atoms with Crippen molar-refractivity contribution in [3.05, 3.63) is 76.5 Å². The summed E-state index contributed by atoms with van der Waals surface area (Å²) in [6, 6.07) is 16.7. The summed E-state index contributed by atoms with van der Waals surface area (Å²) in [6.07, 6.45) is 0. The molecule has 1 aromatic heterocycles. The van der Waals surface area contributed by atoms with Crippen LogP contribution in [0.3, 0.4) is 0 Å². The van der Waals surface area contributed by atoms with Gasteiger partial charge in [0, 0.05) is 24.0 Å². The van der Waals surface area contributed by atoms with Crippen LogP contribution in [0, 0.1) is 27.7 Å². The van der Waals surface area contributed by atoms with Crippen molar-refractivity contribution in [3.63, 3.8) is 0 Å². The van der Waals surface area contributed by atoms with Crippen LogP contribution in [-0.4, -0.2) is 9.97 Å². The number of nitrogens with one attached hydrogen (secondary N) is 2. The number of aromatic nitrogens is 2. The van der Waals surface area contributed by atoms with E-state index in [0.29, 0.717) is 5.95 Å². The Labute approximate surface area is 149 Å². The predicted molar refractivity (Wildman–Crippen MR) is 104 cm³/mol. The lowest BCUT2D eigenvalue weighted by Gasteiger charge is -2.13. The van der Waals surface area contributed by atoms with E-state index < -0.39 is 0 Å². The molecular weight excluding hydrogens is 308 g/mol. The van der Waals surface area contributed by atoms with E-state index in [0.717, 1.165) is 23.7 Å². The fourth-order valence-corrected chi connectivity index (χ4v) is 2.74. The summed E-state index contributed by atoms with van der Waals surface area (Å²) in [5.74, 6) is 1.44. The van der Waals surface area contributed by atoms with Gasteiger partial charge in [-0.3, -0.25) is 0 Å². The van der Waals surface area contributed by atoms with Gasteiger partial charge in [0.2, 0.25) is 5.95 Å². The van der Waals surface area contributed by atoms with Gasteiger partial charge in [0.15, 0.2) is 0 Å². The molecule has 0 aliphatic rings. The highest BCUT2D eigenvalue weighted by atomic mass is 15.1. The molecule has 25 heavy (non-hydrogen) atoms. The SMILES string of the molecule is Cc1ccc(CNc2cc(C)nc(Nc3c(C)cccc3C)n2)cc1. The first-order valence-corrected chi connectivity index (χ1v) is 8.49. The monoisotopic (exact) mass is 332 g/mol. The number of nitrogens with zero attached hydrogens (tertiary/aromatic N) is 2. The lowest BCUT2D eigenvalue weighted by molar-refractivity contribution is 1.06. The molecule has 0 fully saturated rings. The Bertz CT molecular complexity index is 849. The molecule has 1 heterocycles. The van der Waals surface area contributed by atoms with Crippen LogP contribution in [0.1, 0.15) is 27.9 Å². The van der Waals surface area contributed by atoms with Crippen LogP contribution < -0.4 is 10.6 Å². The summed E-state index contributed by atoms with van der Waals surface area (Å²) < 4.78 is 0. The Morgan fingerprint density at radius 2 is 1.52 bits per heavy atom. The summed E-state index contributed by atoms with van der Waals surface area (Å²) >= 11 is 0. The molecule has 128 valence electrons. The first-order valence-electron chi connectivity index (χ1n) is 8.49. The van der Waals surface area contributed by atoms with Crippen molar-refractivity contribution in [1.29, 1.82) is 0 Å². The van der Waals surface area contributed by atoms with Gasteiger partial charge in [0.1, 0.15) is 5.82 Å². The van der Waals surface area contributed by atoms with Crippen molar-refractivity contribution in [2.75, 3.05) is 10.6 Å². The Kier molecular flexibility index (Phi) is 4.98. The van der Waals surface area contributed by atoms with E-state index in [-0.39, 0.29) is 0 Å². The molecule has 3 aromatic rings. The molecule has 2 aromatic carbocycles. The molecular formula is C21H24N4. The van der Waals surface area contributed by atoms with Crippen LogP contribution >= 0.6 is 0 Å². The highest BCUT2D eigenvalue weighted by Gasteiger charge is 2.07. The van der Waals surface area contributed by atoms with Gasteiger partial charge < -0.3 is 10.6 Å². The number of benzene rings is 2. The van der Waals surface area contributed by atoms with Gasteiger partial charge in [-0.05, 0) is 44.4 Å². The minimum absolute atomic E-state index is 0.615. The minimum Gasteiger partial charge on any atom is -0.366 e. The lowest BCUT2D eigenvalue weighted by Crippen LogP contribution is -2.06. The van der Waals surface area contributed by atoms with E-state index in [4.69, 9.17) is 0 Å². The van der Waals surface area contributed by atoms with Crippen LogP contribution in [0.25, 0.3) is 0 Å². The normalized spacial score (nSPS) is 10.6. The lowest BCUT2D eigenvalue weighted by atomic mass is 10.1. The summed E-state index contributed by atoms with van der Waals surface area (Å²) in [7, 11) is 0. The van der Waals surface area contributed by atoms with Gasteiger partial charge in [-0.2, -0.15) is 4.98 Å². The zero-order valence-electron chi connectivity index (χ0n) is 15.2. The molecule has 4 heteroatoms. The van der Waals surface area contributed by atoms with Crippen molar-refractivity contribution in [2.45, 2.75) is 34.2 Å². The Balaban J connectivity index is 1.77. The average Bonchev–Trinajstić information content (AvgIpc) is 2.57. The molecule has 0 amide bonds. The zero-order valence-corrected chi connectivity index (χ0v) is 15.2. The summed E-state index contributed by atoms with van der Waals surface area (Å²) in [6.45, 7) is 8.98. The maximum Gasteiger partial charge on any atom is 0.229 e.